The first kappa shape index (κ1) is 26.5. The summed E-state index contributed by atoms with van der Waals surface area (Å²) in [5, 5.41) is -0.634. The van der Waals surface area contributed by atoms with E-state index in [4.69, 9.17) is 4.74 Å². The van der Waals surface area contributed by atoms with Crippen molar-refractivity contribution in [3.05, 3.63) is 35.9 Å². The summed E-state index contributed by atoms with van der Waals surface area (Å²) in [6, 6.07) is 3.62. The van der Waals surface area contributed by atoms with Gasteiger partial charge in [0, 0.05) is 5.39 Å². The van der Waals surface area contributed by atoms with Crippen LogP contribution in [0, 0.1) is 35.3 Å². The van der Waals surface area contributed by atoms with E-state index < -0.39 is 53.4 Å². The zero-order valence-corrected chi connectivity index (χ0v) is 19.6. The molecule has 2 aliphatic rings. The highest BCUT2D eigenvalue weighted by atomic mass is 19.4. The monoisotopic (exact) mass is 520 g/mol. The van der Waals surface area contributed by atoms with Crippen molar-refractivity contribution in [3.63, 3.8) is 0 Å². The lowest BCUT2D eigenvalue weighted by Gasteiger charge is -2.39. The van der Waals surface area contributed by atoms with E-state index in [1.807, 2.05) is 0 Å². The van der Waals surface area contributed by atoms with Gasteiger partial charge in [0.2, 0.25) is 5.75 Å². The minimum Gasteiger partial charge on any atom is -0.426 e. The largest absolute Gasteiger partial charge is 0.573 e. The summed E-state index contributed by atoms with van der Waals surface area (Å²) in [4.78, 5) is 12.6. The number of ether oxygens (including phenoxy) is 2. The highest BCUT2D eigenvalue weighted by molar-refractivity contribution is 5.87. The average Bonchev–Trinajstić information content (AvgIpc) is 2.80. The van der Waals surface area contributed by atoms with Crippen LogP contribution in [0.2, 0.25) is 0 Å². The first-order valence-electron chi connectivity index (χ1n) is 12.1. The van der Waals surface area contributed by atoms with Crippen molar-refractivity contribution in [2.75, 3.05) is 0 Å². The molecule has 0 heterocycles. The van der Waals surface area contributed by atoms with Crippen molar-refractivity contribution in [2.24, 2.45) is 23.7 Å². The predicted octanol–water partition coefficient (Wildman–Crippen LogP) is 7.84. The number of halogens is 7. The van der Waals surface area contributed by atoms with E-state index in [1.165, 1.54) is 0 Å². The van der Waals surface area contributed by atoms with E-state index in [0.29, 0.717) is 12.0 Å². The van der Waals surface area contributed by atoms with Crippen molar-refractivity contribution in [1.82, 2.24) is 0 Å². The van der Waals surface area contributed by atoms with Crippen molar-refractivity contribution in [3.8, 4) is 11.5 Å². The predicted molar refractivity (Wildman–Crippen MR) is 118 cm³/mol. The number of rotatable bonds is 5. The van der Waals surface area contributed by atoms with Gasteiger partial charge in [0.05, 0.1) is 0 Å². The summed E-state index contributed by atoms with van der Waals surface area (Å²) in [5.41, 5.74) is 0. The molecule has 2 unspecified atom stereocenters. The first-order chi connectivity index (χ1) is 17.0. The van der Waals surface area contributed by atoms with Gasteiger partial charge >= 0.3 is 12.3 Å². The third-order valence-corrected chi connectivity index (χ3v) is 7.64. The zero-order valence-electron chi connectivity index (χ0n) is 19.6. The summed E-state index contributed by atoms with van der Waals surface area (Å²) in [6.45, 7) is 2.14. The van der Waals surface area contributed by atoms with E-state index in [0.717, 1.165) is 50.3 Å². The van der Waals surface area contributed by atoms with Crippen LogP contribution in [-0.4, -0.2) is 24.7 Å². The van der Waals surface area contributed by atoms with Crippen LogP contribution in [0.4, 0.5) is 30.7 Å². The Hall–Kier alpha value is -2.52. The second-order valence-corrected chi connectivity index (χ2v) is 9.83. The van der Waals surface area contributed by atoms with Gasteiger partial charge in [-0.1, -0.05) is 26.2 Å². The minimum absolute atomic E-state index is 0.0672. The Morgan fingerprint density at radius 2 is 1.61 bits per heavy atom. The fourth-order valence-electron chi connectivity index (χ4n) is 5.69. The Labute approximate surface area is 203 Å². The molecule has 2 aliphatic carbocycles. The number of benzene rings is 2. The van der Waals surface area contributed by atoms with E-state index in [-0.39, 0.29) is 35.8 Å². The summed E-state index contributed by atoms with van der Waals surface area (Å²) in [6.07, 6.45) is -3.58. The molecule has 0 radical (unpaired) electrons. The van der Waals surface area contributed by atoms with Gasteiger partial charge in [-0.2, -0.15) is 0 Å². The van der Waals surface area contributed by atoms with Crippen LogP contribution < -0.4 is 9.47 Å². The molecule has 0 aromatic heterocycles. The van der Waals surface area contributed by atoms with Gasteiger partial charge < -0.3 is 9.47 Å². The van der Waals surface area contributed by atoms with E-state index >= 15 is 0 Å². The molecule has 0 saturated heterocycles. The van der Waals surface area contributed by atoms with Gasteiger partial charge in [0.1, 0.15) is 24.0 Å². The molecule has 2 aromatic carbocycles. The van der Waals surface area contributed by atoms with Crippen LogP contribution in [0.5, 0.6) is 11.5 Å². The van der Waals surface area contributed by atoms with Gasteiger partial charge in [-0.3, -0.25) is 4.79 Å². The Balaban J connectivity index is 1.45. The average molecular weight is 520 g/mol. The Morgan fingerprint density at radius 3 is 2.19 bits per heavy atom. The number of hydrogen-bond acceptors (Lipinski definition) is 3. The smallest absolute Gasteiger partial charge is 0.426 e. The number of fused-ring (bicyclic) bond motifs is 1. The highest BCUT2D eigenvalue weighted by Crippen LogP contribution is 2.44. The van der Waals surface area contributed by atoms with Crippen molar-refractivity contribution in [2.45, 2.75) is 70.6 Å². The second-order valence-electron chi connectivity index (χ2n) is 9.83. The molecular formula is C26H27F7O3. The third kappa shape index (κ3) is 5.72. The van der Waals surface area contributed by atoms with Crippen molar-refractivity contribution < 1.29 is 45.0 Å². The van der Waals surface area contributed by atoms with E-state index in [1.54, 1.807) is 0 Å². The maximum atomic E-state index is 15.0. The highest BCUT2D eigenvalue weighted by Gasteiger charge is 2.46. The lowest BCUT2D eigenvalue weighted by Crippen LogP contribution is -2.44. The topological polar surface area (TPSA) is 35.5 Å². The molecule has 10 heteroatoms. The lowest BCUT2D eigenvalue weighted by molar-refractivity contribution is -0.276. The zero-order chi connectivity index (χ0) is 26.2. The van der Waals surface area contributed by atoms with Gasteiger partial charge in [0.15, 0.2) is 11.6 Å². The lowest BCUT2D eigenvalue weighted by atomic mass is 9.68. The van der Waals surface area contributed by atoms with E-state index in [9.17, 15) is 35.5 Å². The molecule has 2 aromatic rings. The van der Waals surface area contributed by atoms with Crippen molar-refractivity contribution >= 4 is 16.7 Å². The molecule has 0 aliphatic heterocycles. The maximum absolute atomic E-state index is 15.0. The van der Waals surface area contributed by atoms with Gasteiger partial charge in [-0.15, -0.1) is 13.2 Å². The third-order valence-electron chi connectivity index (χ3n) is 7.64. The van der Waals surface area contributed by atoms with E-state index in [2.05, 4.69) is 11.7 Å². The van der Waals surface area contributed by atoms with Crippen LogP contribution in [-0.2, 0) is 4.79 Å². The number of hydrogen-bond donors (Lipinski definition) is 0. The van der Waals surface area contributed by atoms with Crippen LogP contribution in [0.25, 0.3) is 10.8 Å². The number of carbonyl (C=O) groups is 1. The molecule has 2 fully saturated rings. The number of alkyl halides is 5. The normalized spacial score (nSPS) is 29.2. The molecule has 2 saturated carbocycles. The van der Waals surface area contributed by atoms with Gasteiger partial charge in [-0.05, 0) is 73.1 Å². The summed E-state index contributed by atoms with van der Waals surface area (Å²) < 4.78 is 104. The Kier molecular flexibility index (Phi) is 7.71. The minimum atomic E-state index is -5.30. The molecule has 0 amide bonds. The van der Waals surface area contributed by atoms with Crippen LogP contribution in [0.3, 0.4) is 0 Å². The molecule has 2 atom stereocenters. The summed E-state index contributed by atoms with van der Waals surface area (Å²) >= 11 is 0. The van der Waals surface area contributed by atoms with Crippen LogP contribution in [0.15, 0.2) is 24.3 Å². The summed E-state index contributed by atoms with van der Waals surface area (Å²) in [7, 11) is 0. The maximum Gasteiger partial charge on any atom is 0.573 e. The number of carbonyl (C=O) groups excluding carboxylic acids is 1. The molecule has 3 nitrogen and oxygen atoms in total. The summed E-state index contributed by atoms with van der Waals surface area (Å²) in [5.74, 6) is -7.06. The number of esters is 1. The fraction of sp³-hybridized carbons (Fsp3) is 0.577. The Bertz CT molecular complexity index is 1080. The van der Waals surface area contributed by atoms with Crippen molar-refractivity contribution in [1.29, 1.82) is 0 Å². The SMILES string of the molecule is CCC1CCC(C2CC(F)C(C(=O)Oc3ccc4c(F)c(OC(F)(F)F)c(F)cc4c3)C(F)C2)CC1. The quantitative estimate of drug-likeness (QED) is 0.229. The first-order valence-corrected chi connectivity index (χ1v) is 12.1. The fourth-order valence-corrected chi connectivity index (χ4v) is 5.69. The molecule has 198 valence electrons. The van der Waals surface area contributed by atoms with Crippen LogP contribution in [0.1, 0.15) is 51.9 Å². The molecule has 0 bridgehead atoms. The molecule has 0 N–H and O–H groups in total. The molecule has 4 rings (SSSR count). The molecule has 0 spiro atoms. The van der Waals surface area contributed by atoms with Gasteiger partial charge in [0.25, 0.3) is 0 Å². The van der Waals surface area contributed by atoms with Gasteiger partial charge in [-0.25, -0.2) is 17.6 Å². The standard InChI is InChI=1S/C26H27F7O3/c1-2-13-3-5-14(6-4-13)15-10-19(27)22(20(28)11-15)25(34)35-17-7-8-18-16(9-17)12-21(29)24(23(18)30)36-26(31,32)33/h7-9,12-15,19-20,22H,2-6,10-11H2,1H3. The molecule has 36 heavy (non-hydrogen) atoms. The Morgan fingerprint density at radius 1 is 0.972 bits per heavy atom. The van der Waals surface area contributed by atoms with Crippen LogP contribution >= 0.6 is 0 Å². The second kappa shape index (κ2) is 10.5. The molecular weight excluding hydrogens is 493 g/mol.